The predicted octanol–water partition coefficient (Wildman–Crippen LogP) is 0.210. The molecule has 0 aromatic heterocycles. The van der Waals surface area contributed by atoms with E-state index in [1.807, 2.05) is 0 Å². The zero-order chi connectivity index (χ0) is 12.0. The predicted molar refractivity (Wildman–Crippen MR) is 25.0 cm³/mol. The summed E-state index contributed by atoms with van der Waals surface area (Å²) in [7, 11) is 0. The number of halogens is 10. The number of hydrogen-bond donors (Lipinski definition) is 0. The third-order valence-corrected chi connectivity index (χ3v) is 1.19. The largest absolute Gasteiger partial charge is 1.00 e. The fourth-order valence-corrected chi connectivity index (χ4v) is 0.395. The van der Waals surface area contributed by atoms with Gasteiger partial charge in [-0.05, 0) is 0 Å². The number of hydrogen-bond acceptors (Lipinski definition) is 0. The van der Waals surface area contributed by atoms with Crippen molar-refractivity contribution in [3.63, 3.8) is 0 Å². The Kier molecular flexibility index (Phi) is 5.76. The Morgan fingerprint density at radius 3 is 1.00 bits per heavy atom. The maximum absolute atomic E-state index is 11.6. The molecule has 0 radical (unpaired) electrons. The summed E-state index contributed by atoms with van der Waals surface area (Å²) in [6.07, 6.45) is -6.95. The van der Waals surface area contributed by atoms with Gasteiger partial charge in [-0.25, -0.2) is 8.78 Å². The van der Waals surface area contributed by atoms with Crippen LogP contribution < -0.4 is 51.4 Å². The topological polar surface area (TPSA) is 0 Å². The van der Waals surface area contributed by atoms with Gasteiger partial charge < -0.3 is 12.9 Å². The minimum absolute atomic E-state index is 0. The number of alkyl halides is 7. The first-order valence-corrected chi connectivity index (χ1v) is 2.77. The van der Waals surface area contributed by atoms with Crippen LogP contribution >= 0.6 is 0 Å². The van der Waals surface area contributed by atoms with Crippen LogP contribution in [0.3, 0.4) is 0 Å². The van der Waals surface area contributed by atoms with Crippen molar-refractivity contribution in [3.05, 3.63) is 0 Å². The van der Waals surface area contributed by atoms with E-state index in [2.05, 4.69) is 0 Å². The monoisotopic (exact) mass is 276 g/mol. The summed E-state index contributed by atoms with van der Waals surface area (Å²) in [4.78, 5) is 0. The summed E-state index contributed by atoms with van der Waals surface area (Å²) < 4.78 is 114. The average molecular weight is 276 g/mol. The molecule has 0 amide bonds. The molecule has 0 aliphatic rings. The molecule has 0 rings (SSSR count). The quantitative estimate of drug-likeness (QED) is 0.499. The molecule has 0 aromatic rings. The molecule has 0 aromatic carbocycles. The van der Waals surface area contributed by atoms with Crippen LogP contribution in [0.5, 0.6) is 0 Å². The Morgan fingerprint density at radius 1 is 0.667 bits per heavy atom. The van der Waals surface area contributed by atoms with Gasteiger partial charge in [-0.1, -0.05) is 0 Å². The van der Waals surface area contributed by atoms with E-state index in [0.717, 1.165) is 0 Å². The maximum Gasteiger partial charge on any atom is 1.00 e. The van der Waals surface area contributed by atoms with Crippen LogP contribution in [0, 0.1) is 0 Å². The summed E-state index contributed by atoms with van der Waals surface area (Å²) in [5, 5.41) is 0. The third-order valence-electron chi connectivity index (χ3n) is 1.19. The van der Waals surface area contributed by atoms with Crippen molar-refractivity contribution in [2.24, 2.45) is 0 Å². The molecule has 0 saturated carbocycles. The van der Waals surface area contributed by atoms with E-state index in [1.54, 1.807) is 0 Å². The molecule has 0 spiro atoms. The Morgan fingerprint density at radius 2 is 0.933 bits per heavy atom. The van der Waals surface area contributed by atoms with Gasteiger partial charge in [-0.15, -0.1) is 0 Å². The molecule has 0 unspecified atom stereocenters. The van der Waals surface area contributed by atoms with E-state index in [4.69, 9.17) is 0 Å². The van der Waals surface area contributed by atoms with Crippen LogP contribution in [0.1, 0.15) is 0 Å². The van der Waals surface area contributed by atoms with E-state index >= 15 is 0 Å². The first kappa shape index (κ1) is 18.4. The third kappa shape index (κ3) is 3.23. The molecule has 0 atom stereocenters. The minimum Gasteiger partial charge on any atom is -0.445 e. The van der Waals surface area contributed by atoms with E-state index < -0.39 is 24.9 Å². The van der Waals surface area contributed by atoms with Crippen LogP contribution in [-0.4, -0.2) is 24.9 Å². The van der Waals surface area contributed by atoms with Gasteiger partial charge in [0.05, 0.1) is 0 Å². The van der Waals surface area contributed by atoms with Crippen molar-refractivity contribution < 1.29 is 95.1 Å². The Balaban J connectivity index is 0. The summed E-state index contributed by atoms with van der Waals surface area (Å²) >= 11 is 0. The summed E-state index contributed by atoms with van der Waals surface area (Å²) in [6.45, 7) is -7.63. The second-order valence-corrected chi connectivity index (χ2v) is 2.27. The Labute approximate surface area is 119 Å². The molecule has 0 fully saturated rings. The summed E-state index contributed by atoms with van der Waals surface area (Å²) in [5.41, 5.74) is 0. The molecule has 0 bridgehead atoms. The van der Waals surface area contributed by atoms with Crippen LogP contribution in [0.15, 0.2) is 0 Å². The van der Waals surface area contributed by atoms with Crippen molar-refractivity contribution in [1.82, 2.24) is 0 Å². The molecule has 12 heteroatoms. The molecule has 0 N–H and O–H groups in total. The normalized spacial score (nSPS) is 14.8. The van der Waals surface area contributed by atoms with Crippen molar-refractivity contribution in [1.29, 1.82) is 0 Å². The van der Waals surface area contributed by atoms with E-state index in [9.17, 15) is 43.7 Å². The van der Waals surface area contributed by atoms with Crippen molar-refractivity contribution in [3.8, 4) is 0 Å². The van der Waals surface area contributed by atoms with Gasteiger partial charge in [0, 0.05) is 0 Å². The van der Waals surface area contributed by atoms with Crippen molar-refractivity contribution in [2.75, 3.05) is 0 Å². The molecule has 0 saturated heterocycles. The first-order chi connectivity index (χ1) is 5.75. The molecule has 0 aliphatic carbocycles. The molecule has 15 heavy (non-hydrogen) atoms. The Hall–Kier alpha value is 1.00. The van der Waals surface area contributed by atoms with Crippen molar-refractivity contribution in [2.45, 2.75) is 17.9 Å². The molecular weight excluding hydrogens is 276 g/mol. The van der Waals surface area contributed by atoms with Crippen molar-refractivity contribution >= 4 is 6.98 Å². The minimum atomic E-state index is -7.63. The van der Waals surface area contributed by atoms with E-state index in [0.29, 0.717) is 0 Å². The van der Waals surface area contributed by atoms with Crippen LogP contribution in [0.25, 0.3) is 0 Å². The molecule has 0 heterocycles. The van der Waals surface area contributed by atoms with Gasteiger partial charge >= 0.3 is 70.5 Å². The van der Waals surface area contributed by atoms with Gasteiger partial charge in [0.1, 0.15) is 0 Å². The number of rotatable bonds is 2. The SMILES string of the molecule is F[B-](F)(F)C(F)(F)C(F)(F)C(F)(F)F.[K+]. The molecular formula is C3BF10K. The molecule has 0 nitrogen and oxygen atoms in total. The standard InChI is InChI=1S/C3BF10.K/c5-1(6,3(9,10)11)2(7,8)4(12,13)14;/q-1;+1. The van der Waals surface area contributed by atoms with Crippen LogP contribution in [0.2, 0.25) is 0 Å². The van der Waals surface area contributed by atoms with Crippen LogP contribution in [-0.2, 0) is 0 Å². The molecule has 86 valence electrons. The average Bonchev–Trinajstić information content (AvgIpc) is 1.81. The maximum atomic E-state index is 11.6. The van der Waals surface area contributed by atoms with E-state index in [1.165, 1.54) is 0 Å². The second kappa shape index (κ2) is 4.70. The zero-order valence-corrected chi connectivity index (χ0v) is 9.98. The first-order valence-electron chi connectivity index (χ1n) is 2.77. The second-order valence-electron chi connectivity index (χ2n) is 2.27. The van der Waals surface area contributed by atoms with Gasteiger partial charge in [-0.2, -0.15) is 22.0 Å². The summed E-state index contributed by atoms with van der Waals surface area (Å²) in [6, 6.07) is 0. The van der Waals surface area contributed by atoms with Crippen LogP contribution in [0.4, 0.5) is 43.7 Å². The van der Waals surface area contributed by atoms with E-state index in [-0.39, 0.29) is 51.4 Å². The molecule has 0 aliphatic heterocycles. The fraction of sp³-hybridized carbons (Fsp3) is 1.00. The van der Waals surface area contributed by atoms with Gasteiger partial charge in [0.15, 0.2) is 0 Å². The fourth-order valence-electron chi connectivity index (χ4n) is 0.395. The smallest absolute Gasteiger partial charge is 0.445 e. The summed E-state index contributed by atoms with van der Waals surface area (Å²) in [5.74, 6) is -14.2. The van der Waals surface area contributed by atoms with Gasteiger partial charge in [-0.3, -0.25) is 0 Å². The Bertz CT molecular complexity index is 190. The van der Waals surface area contributed by atoms with Gasteiger partial charge in [0.2, 0.25) is 0 Å². The van der Waals surface area contributed by atoms with Gasteiger partial charge in [0.25, 0.3) is 5.82 Å². The zero-order valence-electron chi connectivity index (χ0n) is 6.86.